The minimum absolute atomic E-state index is 0.392. The predicted molar refractivity (Wildman–Crippen MR) is 249 cm³/mol. The fraction of sp³-hybridized carbons (Fsp3) is 0.964. The van der Waals surface area contributed by atoms with E-state index in [0.29, 0.717) is 27.1 Å². The molecule has 0 heterocycles. The molecule has 3 fully saturated rings. The Labute approximate surface area is 349 Å². The van der Waals surface area contributed by atoms with Crippen LogP contribution in [-0.4, -0.2) is 0 Å². The second-order valence-corrected chi connectivity index (χ2v) is 20.5. The first-order chi connectivity index (χ1) is 26.9. The maximum atomic E-state index is 5.00. The van der Waals surface area contributed by atoms with E-state index in [0.717, 1.165) is 5.92 Å². The quantitative estimate of drug-likeness (QED) is 0.0577. The lowest BCUT2D eigenvalue weighted by Crippen LogP contribution is -2.65. The van der Waals surface area contributed by atoms with Gasteiger partial charge in [0, 0.05) is 0 Å². The summed E-state index contributed by atoms with van der Waals surface area (Å²) in [5, 5.41) is 0. The summed E-state index contributed by atoms with van der Waals surface area (Å²) >= 11 is 0. The van der Waals surface area contributed by atoms with Crippen LogP contribution in [-0.2, 0) is 0 Å². The largest absolute Gasteiger partial charge is 0.0654 e. The Hall–Kier alpha value is 0. The van der Waals surface area contributed by atoms with E-state index in [2.05, 4.69) is 54.4 Å². The predicted octanol–water partition coefficient (Wildman–Crippen LogP) is 19.7. The van der Waals surface area contributed by atoms with Gasteiger partial charge in [-0.3, -0.25) is 0 Å². The molecule has 0 N–H and O–H groups in total. The zero-order chi connectivity index (χ0) is 39.9. The summed E-state index contributed by atoms with van der Waals surface area (Å²) in [6.07, 6.45) is 58.2. The van der Waals surface area contributed by atoms with Gasteiger partial charge in [-0.05, 0) is 129 Å². The van der Waals surface area contributed by atoms with Gasteiger partial charge in [-0.15, -0.1) is 0 Å². The molecule has 0 nitrogen and oxygen atoms in total. The summed E-state index contributed by atoms with van der Waals surface area (Å²) in [4.78, 5) is 0. The third-order valence-corrected chi connectivity index (χ3v) is 17.9. The van der Waals surface area contributed by atoms with E-state index in [9.17, 15) is 0 Å². The lowest BCUT2D eigenvalue weighted by atomic mass is 9.32. The maximum Gasteiger partial charge on any atom is -0.0173 e. The lowest BCUT2D eigenvalue weighted by molar-refractivity contribution is -0.228. The topological polar surface area (TPSA) is 0 Å². The molecule has 0 spiro atoms. The molecule has 0 amide bonds. The molecular weight excluding hydrogens is 661 g/mol. The zero-order valence-corrected chi connectivity index (χ0v) is 39.6. The van der Waals surface area contributed by atoms with Crippen LogP contribution in [0.15, 0.2) is 0 Å². The van der Waals surface area contributed by atoms with Crippen LogP contribution in [0.3, 0.4) is 0 Å². The van der Waals surface area contributed by atoms with Crippen molar-refractivity contribution < 1.29 is 0 Å². The summed E-state index contributed by atoms with van der Waals surface area (Å²) < 4.78 is 0. The van der Waals surface area contributed by atoms with Crippen LogP contribution >= 0.6 is 0 Å². The van der Waals surface area contributed by atoms with E-state index in [1.807, 2.05) is 0 Å². The monoisotopic (exact) mass is 765 g/mol. The Bertz CT molecular complexity index is 930. The normalized spacial score (nSPS) is 27.3. The minimum atomic E-state index is 0.392. The van der Waals surface area contributed by atoms with E-state index >= 15 is 0 Å². The molecule has 3 aliphatic carbocycles. The first kappa shape index (κ1) is 49.4. The van der Waals surface area contributed by atoms with Gasteiger partial charge >= 0.3 is 0 Å². The molecule has 0 aromatic rings. The molecule has 0 aliphatic heterocycles. The second kappa shape index (κ2) is 26.3. The molecule has 3 rings (SSSR count). The van der Waals surface area contributed by atoms with Gasteiger partial charge < -0.3 is 0 Å². The SMILES string of the molecule is [CH2]CC(CCCCC)C(CCC)(CCCCC)C(CC)(CCCCC)C1(CCCCC)CCCC1(CCC)C1([C]2CCCCCCCCC2)CCCCCC1. The van der Waals surface area contributed by atoms with E-state index in [-0.39, 0.29) is 0 Å². The first-order valence-electron chi connectivity index (χ1n) is 26.5. The van der Waals surface area contributed by atoms with Gasteiger partial charge in [-0.25, -0.2) is 0 Å². The van der Waals surface area contributed by atoms with Crippen molar-refractivity contribution in [1.82, 2.24) is 0 Å². The van der Waals surface area contributed by atoms with Crippen molar-refractivity contribution in [1.29, 1.82) is 0 Å². The average Bonchev–Trinajstić information content (AvgIpc) is 3.38. The average molecular weight is 765 g/mol. The smallest absolute Gasteiger partial charge is 0.0173 e. The summed E-state index contributed by atoms with van der Waals surface area (Å²) in [6, 6.07) is 0. The van der Waals surface area contributed by atoms with Crippen LogP contribution in [0.4, 0.5) is 0 Å². The van der Waals surface area contributed by atoms with Gasteiger partial charge in [-0.1, -0.05) is 222 Å². The summed E-state index contributed by atoms with van der Waals surface area (Å²) in [6.45, 7) is 22.9. The molecule has 0 aromatic carbocycles. The highest BCUT2D eigenvalue weighted by molar-refractivity contribution is 5.26. The van der Waals surface area contributed by atoms with Crippen LogP contribution < -0.4 is 0 Å². The van der Waals surface area contributed by atoms with Gasteiger partial charge in [0.1, 0.15) is 0 Å². The van der Waals surface area contributed by atoms with E-state index in [4.69, 9.17) is 6.92 Å². The Morgan fingerprint density at radius 1 is 0.491 bits per heavy atom. The molecule has 0 saturated heterocycles. The molecule has 5 unspecified atom stereocenters. The standard InChI is InChI=1S/C55H104/c1-9-17-28-37-49(15-7)51(40-13-5,42-31-18-10-2)53(16-8,45-32-19-11-3)55(46-33-20-12-4)48-36-47-54(55,41-14-6)52(43-34-26-27-35-44-52)50-38-29-24-22-21-23-25-30-39-50/h49H,7,9-48H2,1-6,8H3. The molecule has 3 saturated carbocycles. The van der Waals surface area contributed by atoms with Gasteiger partial charge in [0.25, 0.3) is 0 Å². The Kier molecular flexibility index (Phi) is 23.6. The van der Waals surface area contributed by atoms with Crippen LogP contribution in [0, 0.1) is 45.8 Å². The number of hydrogen-bond acceptors (Lipinski definition) is 0. The van der Waals surface area contributed by atoms with Gasteiger partial charge in [0.05, 0.1) is 0 Å². The molecule has 5 atom stereocenters. The maximum absolute atomic E-state index is 5.00. The van der Waals surface area contributed by atoms with Crippen molar-refractivity contribution in [2.75, 3.05) is 0 Å². The van der Waals surface area contributed by atoms with Crippen molar-refractivity contribution in [3.05, 3.63) is 12.8 Å². The Morgan fingerprint density at radius 2 is 1.04 bits per heavy atom. The highest BCUT2D eigenvalue weighted by atomic mass is 14.8. The molecule has 55 heavy (non-hydrogen) atoms. The molecule has 324 valence electrons. The van der Waals surface area contributed by atoms with E-state index in [1.165, 1.54) is 231 Å². The summed E-state index contributed by atoms with van der Waals surface area (Å²) in [7, 11) is 0. The fourth-order valence-corrected chi connectivity index (χ4v) is 15.9. The molecule has 0 bridgehead atoms. The van der Waals surface area contributed by atoms with Crippen molar-refractivity contribution in [2.24, 2.45) is 33.0 Å². The van der Waals surface area contributed by atoms with Crippen LogP contribution in [0.25, 0.3) is 0 Å². The van der Waals surface area contributed by atoms with Crippen molar-refractivity contribution in [2.45, 2.75) is 305 Å². The summed E-state index contributed by atoms with van der Waals surface area (Å²) in [5.41, 5.74) is 2.13. The van der Waals surface area contributed by atoms with Crippen molar-refractivity contribution in [3.8, 4) is 0 Å². The van der Waals surface area contributed by atoms with Crippen LogP contribution in [0.5, 0.6) is 0 Å². The first-order valence-corrected chi connectivity index (χ1v) is 26.5. The highest BCUT2D eigenvalue weighted by Gasteiger charge is 2.73. The third kappa shape index (κ3) is 11.0. The number of rotatable bonds is 27. The van der Waals surface area contributed by atoms with Crippen molar-refractivity contribution in [3.63, 3.8) is 0 Å². The van der Waals surface area contributed by atoms with E-state index < -0.39 is 0 Å². The summed E-state index contributed by atoms with van der Waals surface area (Å²) in [5.74, 6) is 2.93. The Balaban J connectivity index is 2.55. The zero-order valence-electron chi connectivity index (χ0n) is 39.6. The fourth-order valence-electron chi connectivity index (χ4n) is 15.9. The van der Waals surface area contributed by atoms with Crippen LogP contribution in [0.1, 0.15) is 305 Å². The molecular formula is C55H104. The number of hydrogen-bond donors (Lipinski definition) is 0. The van der Waals surface area contributed by atoms with E-state index in [1.54, 1.807) is 25.7 Å². The molecule has 0 heteroatoms. The molecule has 0 aromatic heterocycles. The second-order valence-electron chi connectivity index (χ2n) is 20.5. The van der Waals surface area contributed by atoms with Gasteiger partial charge in [0.2, 0.25) is 0 Å². The Morgan fingerprint density at radius 3 is 1.58 bits per heavy atom. The molecule has 3 aliphatic rings. The van der Waals surface area contributed by atoms with Gasteiger partial charge in [0.15, 0.2) is 0 Å². The van der Waals surface area contributed by atoms with Crippen molar-refractivity contribution >= 4 is 0 Å². The minimum Gasteiger partial charge on any atom is -0.0654 e. The lowest BCUT2D eigenvalue weighted by Gasteiger charge is -2.72. The highest BCUT2D eigenvalue weighted by Crippen LogP contribution is 2.82. The van der Waals surface area contributed by atoms with Crippen LogP contribution in [0.2, 0.25) is 0 Å². The molecule has 2 radical (unpaired) electrons. The van der Waals surface area contributed by atoms with Gasteiger partial charge in [-0.2, -0.15) is 0 Å². The third-order valence-electron chi connectivity index (χ3n) is 17.9. The number of unbranched alkanes of at least 4 members (excludes halogenated alkanes) is 8.